The topological polar surface area (TPSA) is 9.23 Å². The summed E-state index contributed by atoms with van der Waals surface area (Å²) in [6.45, 7) is 4.25. The van der Waals surface area contributed by atoms with Gasteiger partial charge in [-0.15, -0.1) is 0 Å². The van der Waals surface area contributed by atoms with Crippen LogP contribution in [0.5, 0.6) is 0 Å². The lowest BCUT2D eigenvalue weighted by atomic mass is 10.1. The number of ether oxygens (including phenoxy) is 1. The number of halogens is 2. The van der Waals surface area contributed by atoms with Crippen LogP contribution in [0.25, 0.3) is 0 Å². The largest absolute Gasteiger partial charge is 0.376 e. The molecule has 0 heterocycles. The zero-order chi connectivity index (χ0) is 8.69. The molecule has 0 bridgehead atoms. The van der Waals surface area contributed by atoms with E-state index in [1.165, 1.54) is 0 Å². The van der Waals surface area contributed by atoms with Crippen molar-refractivity contribution in [3.63, 3.8) is 0 Å². The Kier molecular flexibility index (Phi) is 6.42. The van der Waals surface area contributed by atoms with Gasteiger partial charge in [-0.25, -0.2) is 8.78 Å². The Morgan fingerprint density at radius 2 is 1.91 bits per heavy atom. The van der Waals surface area contributed by atoms with Crippen molar-refractivity contribution in [3.05, 3.63) is 0 Å². The van der Waals surface area contributed by atoms with E-state index < -0.39 is 13.0 Å². The first kappa shape index (κ1) is 10.8. The summed E-state index contributed by atoms with van der Waals surface area (Å²) in [5, 5.41) is 0. The first-order chi connectivity index (χ1) is 5.13. The molecule has 0 aliphatic heterocycles. The molecule has 0 aliphatic rings. The van der Waals surface area contributed by atoms with E-state index in [1.807, 2.05) is 0 Å². The van der Waals surface area contributed by atoms with E-state index in [0.29, 0.717) is 12.5 Å². The molecule has 11 heavy (non-hydrogen) atoms. The molecule has 3 heteroatoms. The van der Waals surface area contributed by atoms with Crippen molar-refractivity contribution >= 4 is 0 Å². The molecule has 68 valence electrons. The SMILES string of the molecule is CC(C)CCCOCC(F)F. The average molecular weight is 166 g/mol. The molecule has 0 aromatic carbocycles. The Balaban J connectivity index is 2.91. The van der Waals surface area contributed by atoms with E-state index in [0.717, 1.165) is 12.8 Å². The molecule has 0 amide bonds. The Hall–Kier alpha value is -0.180. The van der Waals surface area contributed by atoms with E-state index >= 15 is 0 Å². The number of hydrogen-bond donors (Lipinski definition) is 0. The smallest absolute Gasteiger partial charge is 0.261 e. The molecule has 0 radical (unpaired) electrons. The lowest BCUT2D eigenvalue weighted by molar-refractivity contribution is 0.0156. The summed E-state index contributed by atoms with van der Waals surface area (Å²) in [6.07, 6.45) is -0.401. The molecule has 0 fully saturated rings. The molecule has 0 saturated carbocycles. The van der Waals surface area contributed by atoms with Gasteiger partial charge in [0.1, 0.15) is 6.61 Å². The van der Waals surface area contributed by atoms with Crippen LogP contribution in [0.3, 0.4) is 0 Å². The predicted molar refractivity (Wildman–Crippen MR) is 40.9 cm³/mol. The Morgan fingerprint density at radius 3 is 2.36 bits per heavy atom. The monoisotopic (exact) mass is 166 g/mol. The number of hydrogen-bond acceptors (Lipinski definition) is 1. The minimum absolute atomic E-state index is 0.419. The summed E-state index contributed by atoms with van der Waals surface area (Å²) in [4.78, 5) is 0. The van der Waals surface area contributed by atoms with Gasteiger partial charge >= 0.3 is 0 Å². The van der Waals surface area contributed by atoms with Crippen molar-refractivity contribution in [2.24, 2.45) is 5.92 Å². The minimum atomic E-state index is -2.32. The molecule has 0 aromatic heterocycles. The minimum Gasteiger partial charge on any atom is -0.376 e. The summed E-state index contributed by atoms with van der Waals surface area (Å²) in [5.74, 6) is 0.630. The van der Waals surface area contributed by atoms with Gasteiger partial charge in [-0.2, -0.15) is 0 Å². The van der Waals surface area contributed by atoms with Crippen molar-refractivity contribution in [1.29, 1.82) is 0 Å². The zero-order valence-corrected chi connectivity index (χ0v) is 7.15. The second-order valence-corrected chi connectivity index (χ2v) is 3.00. The number of alkyl halides is 2. The molecular weight excluding hydrogens is 150 g/mol. The molecule has 0 unspecified atom stereocenters. The van der Waals surface area contributed by atoms with Crippen LogP contribution in [0.4, 0.5) is 8.78 Å². The molecule has 0 saturated heterocycles. The van der Waals surface area contributed by atoms with Crippen molar-refractivity contribution < 1.29 is 13.5 Å². The standard InChI is InChI=1S/C8H16F2O/c1-7(2)4-3-5-11-6-8(9)10/h7-8H,3-6H2,1-2H3. The summed E-state index contributed by atoms with van der Waals surface area (Å²) in [6, 6.07) is 0. The summed E-state index contributed by atoms with van der Waals surface area (Å²) >= 11 is 0. The van der Waals surface area contributed by atoms with Crippen molar-refractivity contribution in [1.82, 2.24) is 0 Å². The van der Waals surface area contributed by atoms with Gasteiger partial charge in [-0.3, -0.25) is 0 Å². The van der Waals surface area contributed by atoms with E-state index in [9.17, 15) is 8.78 Å². The number of rotatable bonds is 6. The molecule has 0 aliphatic carbocycles. The third-order valence-electron chi connectivity index (χ3n) is 1.31. The Bertz CT molecular complexity index is 74.2. The van der Waals surface area contributed by atoms with Crippen LogP contribution in [0.15, 0.2) is 0 Å². The summed E-state index contributed by atoms with van der Waals surface area (Å²) in [5.41, 5.74) is 0. The third-order valence-corrected chi connectivity index (χ3v) is 1.31. The van der Waals surface area contributed by atoms with Crippen LogP contribution in [0.1, 0.15) is 26.7 Å². The van der Waals surface area contributed by atoms with Gasteiger partial charge in [0, 0.05) is 6.61 Å². The van der Waals surface area contributed by atoms with Crippen LogP contribution in [0, 0.1) is 5.92 Å². The molecule has 0 spiro atoms. The van der Waals surface area contributed by atoms with Crippen LogP contribution < -0.4 is 0 Å². The highest BCUT2D eigenvalue weighted by Gasteiger charge is 2.01. The molecule has 0 atom stereocenters. The van der Waals surface area contributed by atoms with Gasteiger partial charge in [0.25, 0.3) is 6.43 Å². The van der Waals surface area contributed by atoms with E-state index in [-0.39, 0.29) is 0 Å². The van der Waals surface area contributed by atoms with E-state index in [4.69, 9.17) is 4.74 Å². The first-order valence-electron chi connectivity index (χ1n) is 3.98. The van der Waals surface area contributed by atoms with Gasteiger partial charge in [0.15, 0.2) is 0 Å². The van der Waals surface area contributed by atoms with Gasteiger partial charge in [0.05, 0.1) is 0 Å². The fourth-order valence-corrected chi connectivity index (χ4v) is 0.766. The first-order valence-corrected chi connectivity index (χ1v) is 3.98. The van der Waals surface area contributed by atoms with Crippen molar-refractivity contribution in [2.45, 2.75) is 33.1 Å². The Labute approximate surface area is 66.7 Å². The van der Waals surface area contributed by atoms with Crippen LogP contribution in [-0.2, 0) is 4.74 Å². The van der Waals surface area contributed by atoms with Crippen LogP contribution in [0.2, 0.25) is 0 Å². The quantitative estimate of drug-likeness (QED) is 0.551. The van der Waals surface area contributed by atoms with E-state index in [1.54, 1.807) is 0 Å². The highest BCUT2D eigenvalue weighted by atomic mass is 19.3. The molecular formula is C8H16F2O. The third kappa shape index (κ3) is 9.82. The second kappa shape index (κ2) is 6.53. The van der Waals surface area contributed by atoms with Gasteiger partial charge < -0.3 is 4.74 Å². The normalized spacial score (nSPS) is 11.5. The second-order valence-electron chi connectivity index (χ2n) is 3.00. The van der Waals surface area contributed by atoms with Crippen molar-refractivity contribution in [3.8, 4) is 0 Å². The molecule has 0 N–H and O–H groups in total. The molecule has 1 nitrogen and oxygen atoms in total. The zero-order valence-electron chi connectivity index (χ0n) is 7.15. The summed E-state index contributed by atoms with van der Waals surface area (Å²) < 4.78 is 27.7. The van der Waals surface area contributed by atoms with Crippen molar-refractivity contribution in [2.75, 3.05) is 13.2 Å². The van der Waals surface area contributed by atoms with Crippen LogP contribution in [-0.4, -0.2) is 19.6 Å². The maximum Gasteiger partial charge on any atom is 0.261 e. The Morgan fingerprint density at radius 1 is 1.27 bits per heavy atom. The van der Waals surface area contributed by atoms with E-state index in [2.05, 4.69) is 13.8 Å². The maximum absolute atomic E-state index is 11.5. The molecule has 0 aromatic rings. The fourth-order valence-electron chi connectivity index (χ4n) is 0.766. The van der Waals surface area contributed by atoms with Gasteiger partial charge in [-0.05, 0) is 18.8 Å². The maximum atomic E-state index is 11.5. The van der Waals surface area contributed by atoms with Crippen LogP contribution >= 0.6 is 0 Å². The lowest BCUT2D eigenvalue weighted by Crippen LogP contribution is -2.05. The van der Waals surface area contributed by atoms with Gasteiger partial charge in [0.2, 0.25) is 0 Å². The fraction of sp³-hybridized carbons (Fsp3) is 1.00. The summed E-state index contributed by atoms with van der Waals surface area (Å²) in [7, 11) is 0. The lowest BCUT2D eigenvalue weighted by Gasteiger charge is -2.04. The van der Waals surface area contributed by atoms with Gasteiger partial charge in [-0.1, -0.05) is 13.8 Å². The highest BCUT2D eigenvalue weighted by Crippen LogP contribution is 2.03. The predicted octanol–water partition coefficient (Wildman–Crippen LogP) is 2.70. The molecule has 0 rings (SSSR count). The highest BCUT2D eigenvalue weighted by molar-refractivity contribution is 4.44. The average Bonchev–Trinajstić information content (AvgIpc) is 1.85.